The Labute approximate surface area is 98.0 Å². The van der Waals surface area contributed by atoms with Crippen LogP contribution in [0.5, 0.6) is 0 Å². The monoisotopic (exact) mass is 243 g/mol. The minimum atomic E-state index is -1.11. The Kier molecular flexibility index (Phi) is 4.99. The van der Waals surface area contributed by atoms with Crippen molar-refractivity contribution in [1.82, 2.24) is 0 Å². The molecule has 0 aliphatic carbocycles. The van der Waals surface area contributed by atoms with Crippen molar-refractivity contribution in [1.29, 1.82) is 0 Å². The molecule has 0 saturated heterocycles. The van der Waals surface area contributed by atoms with Crippen LogP contribution in [-0.4, -0.2) is 15.7 Å². The van der Waals surface area contributed by atoms with Crippen LogP contribution in [0.25, 0.3) is 0 Å². The molecule has 1 unspecified atom stereocenters. The molecule has 1 aromatic rings. The van der Waals surface area contributed by atoms with Crippen molar-refractivity contribution in [3.05, 3.63) is 34.9 Å². The molecular formula is C11H14ClNOS. The molecule has 0 N–H and O–H groups in total. The second-order valence-electron chi connectivity index (χ2n) is 3.44. The molecule has 0 radical (unpaired) electrons. The maximum Gasteiger partial charge on any atom is 0.141 e. The fourth-order valence-electron chi connectivity index (χ4n) is 0.958. The molecule has 1 rings (SSSR count). The van der Waals surface area contributed by atoms with E-state index in [9.17, 15) is 4.21 Å². The zero-order valence-corrected chi connectivity index (χ0v) is 10.4. The molecule has 0 amide bonds. The van der Waals surface area contributed by atoms with Crippen molar-refractivity contribution in [2.45, 2.75) is 25.5 Å². The van der Waals surface area contributed by atoms with Gasteiger partial charge in [0, 0.05) is 17.7 Å². The van der Waals surface area contributed by atoms with Crippen LogP contribution in [0.1, 0.15) is 19.4 Å². The lowest BCUT2D eigenvalue weighted by Crippen LogP contribution is -2.02. The van der Waals surface area contributed by atoms with Gasteiger partial charge >= 0.3 is 0 Å². The highest BCUT2D eigenvalue weighted by Crippen LogP contribution is 2.09. The summed E-state index contributed by atoms with van der Waals surface area (Å²) < 4.78 is 15.2. The van der Waals surface area contributed by atoms with Gasteiger partial charge in [-0.15, -0.1) is 0 Å². The zero-order chi connectivity index (χ0) is 11.3. The molecule has 0 saturated carbocycles. The van der Waals surface area contributed by atoms with E-state index in [2.05, 4.69) is 4.40 Å². The SMILES string of the molecule is CC(C)S(=O)N=CCc1ccc(Cl)cc1. The van der Waals surface area contributed by atoms with Gasteiger partial charge in [-0.1, -0.05) is 23.7 Å². The van der Waals surface area contributed by atoms with E-state index in [0.29, 0.717) is 6.42 Å². The van der Waals surface area contributed by atoms with Crippen molar-refractivity contribution in [2.24, 2.45) is 4.40 Å². The van der Waals surface area contributed by atoms with Gasteiger partial charge in [0.15, 0.2) is 0 Å². The predicted molar refractivity (Wildman–Crippen MR) is 66.9 cm³/mol. The molecule has 2 nitrogen and oxygen atoms in total. The lowest BCUT2D eigenvalue weighted by molar-refractivity contribution is 0.678. The van der Waals surface area contributed by atoms with E-state index >= 15 is 0 Å². The maximum atomic E-state index is 11.3. The van der Waals surface area contributed by atoms with Gasteiger partial charge in [-0.25, -0.2) is 4.21 Å². The number of benzene rings is 1. The van der Waals surface area contributed by atoms with Crippen molar-refractivity contribution < 1.29 is 4.21 Å². The number of hydrogen-bond donors (Lipinski definition) is 0. The van der Waals surface area contributed by atoms with Crippen molar-refractivity contribution in [3.63, 3.8) is 0 Å². The van der Waals surface area contributed by atoms with Crippen LogP contribution in [-0.2, 0) is 17.4 Å². The van der Waals surface area contributed by atoms with Gasteiger partial charge in [0.25, 0.3) is 0 Å². The first-order valence-electron chi connectivity index (χ1n) is 4.77. The van der Waals surface area contributed by atoms with E-state index in [0.717, 1.165) is 10.6 Å². The Morgan fingerprint density at radius 2 is 2.00 bits per heavy atom. The summed E-state index contributed by atoms with van der Waals surface area (Å²) in [6, 6.07) is 7.55. The number of hydrogen-bond acceptors (Lipinski definition) is 1. The van der Waals surface area contributed by atoms with Crippen LogP contribution >= 0.6 is 11.6 Å². The van der Waals surface area contributed by atoms with E-state index in [1.165, 1.54) is 0 Å². The lowest BCUT2D eigenvalue weighted by Gasteiger charge is -1.98. The highest BCUT2D eigenvalue weighted by Gasteiger charge is 2.00. The molecule has 0 bridgehead atoms. The summed E-state index contributed by atoms with van der Waals surface area (Å²) >= 11 is 5.76. The smallest absolute Gasteiger partial charge is 0.141 e. The third-order valence-corrected chi connectivity index (χ3v) is 3.24. The number of halogens is 1. The topological polar surface area (TPSA) is 29.4 Å². The molecule has 82 valence electrons. The Morgan fingerprint density at radius 3 is 2.53 bits per heavy atom. The zero-order valence-electron chi connectivity index (χ0n) is 8.81. The Bertz CT molecular complexity index is 359. The standard InChI is InChI=1S/C11H14ClNOS/c1-9(2)15(14)13-8-7-10-3-5-11(12)6-4-10/h3-6,8-9H,7H2,1-2H3. The largest absolute Gasteiger partial charge is 0.235 e. The third kappa shape index (κ3) is 4.58. The first kappa shape index (κ1) is 12.4. The highest BCUT2D eigenvalue weighted by molar-refractivity contribution is 7.84. The molecule has 0 fully saturated rings. The summed E-state index contributed by atoms with van der Waals surface area (Å²) in [7, 11) is -1.11. The minimum absolute atomic E-state index is 0.0754. The van der Waals surface area contributed by atoms with Crippen LogP contribution in [0.15, 0.2) is 28.7 Å². The van der Waals surface area contributed by atoms with Gasteiger partial charge in [0.1, 0.15) is 11.0 Å². The predicted octanol–water partition coefficient (Wildman–Crippen LogP) is 3.03. The first-order chi connectivity index (χ1) is 7.09. The average molecular weight is 244 g/mol. The Morgan fingerprint density at radius 1 is 1.40 bits per heavy atom. The quantitative estimate of drug-likeness (QED) is 0.748. The van der Waals surface area contributed by atoms with E-state index in [-0.39, 0.29) is 5.25 Å². The normalized spacial score (nSPS) is 13.6. The molecule has 0 aliphatic rings. The van der Waals surface area contributed by atoms with Gasteiger partial charge < -0.3 is 0 Å². The lowest BCUT2D eigenvalue weighted by atomic mass is 10.2. The van der Waals surface area contributed by atoms with E-state index in [1.807, 2.05) is 38.1 Å². The van der Waals surface area contributed by atoms with Gasteiger partial charge in [0.05, 0.1) is 5.25 Å². The number of rotatable bonds is 4. The second-order valence-corrected chi connectivity index (χ2v) is 5.59. The van der Waals surface area contributed by atoms with Crippen molar-refractivity contribution in [3.8, 4) is 0 Å². The van der Waals surface area contributed by atoms with Crippen LogP contribution in [0, 0.1) is 0 Å². The van der Waals surface area contributed by atoms with E-state index in [4.69, 9.17) is 11.6 Å². The second kappa shape index (κ2) is 6.03. The third-order valence-electron chi connectivity index (χ3n) is 1.82. The fourth-order valence-corrected chi connectivity index (χ4v) is 1.55. The average Bonchev–Trinajstić information content (AvgIpc) is 2.20. The summed E-state index contributed by atoms with van der Waals surface area (Å²) in [4.78, 5) is 0. The summed E-state index contributed by atoms with van der Waals surface area (Å²) in [6.07, 6.45) is 2.38. The molecule has 15 heavy (non-hydrogen) atoms. The van der Waals surface area contributed by atoms with Gasteiger partial charge in [-0.2, -0.15) is 4.40 Å². The molecule has 1 aromatic carbocycles. The fraction of sp³-hybridized carbons (Fsp3) is 0.364. The van der Waals surface area contributed by atoms with Gasteiger partial charge in [-0.3, -0.25) is 0 Å². The van der Waals surface area contributed by atoms with Crippen LogP contribution in [0.3, 0.4) is 0 Å². The maximum absolute atomic E-state index is 11.3. The van der Waals surface area contributed by atoms with Crippen molar-refractivity contribution in [2.75, 3.05) is 0 Å². The molecule has 0 spiro atoms. The van der Waals surface area contributed by atoms with E-state index < -0.39 is 11.0 Å². The molecule has 0 aromatic heterocycles. The Balaban J connectivity index is 2.50. The van der Waals surface area contributed by atoms with Crippen molar-refractivity contribution >= 4 is 28.8 Å². The molecule has 4 heteroatoms. The minimum Gasteiger partial charge on any atom is -0.235 e. The van der Waals surface area contributed by atoms with Gasteiger partial charge in [-0.05, 0) is 31.5 Å². The summed E-state index contributed by atoms with van der Waals surface area (Å²) in [6.45, 7) is 3.77. The molecule has 0 heterocycles. The summed E-state index contributed by atoms with van der Waals surface area (Å²) in [5, 5.41) is 0.799. The summed E-state index contributed by atoms with van der Waals surface area (Å²) in [5.74, 6) is 0. The van der Waals surface area contributed by atoms with Crippen LogP contribution in [0.4, 0.5) is 0 Å². The van der Waals surface area contributed by atoms with E-state index in [1.54, 1.807) is 6.21 Å². The van der Waals surface area contributed by atoms with Gasteiger partial charge in [0.2, 0.25) is 0 Å². The number of nitrogens with zero attached hydrogens (tertiary/aromatic N) is 1. The highest BCUT2D eigenvalue weighted by atomic mass is 35.5. The molecule has 1 atom stereocenters. The molecular weight excluding hydrogens is 230 g/mol. The van der Waals surface area contributed by atoms with Crippen LogP contribution < -0.4 is 0 Å². The Hall–Kier alpha value is -0.670. The first-order valence-corrected chi connectivity index (χ1v) is 6.32. The molecule has 0 aliphatic heterocycles. The van der Waals surface area contributed by atoms with Crippen LogP contribution in [0.2, 0.25) is 5.02 Å². The summed E-state index contributed by atoms with van der Waals surface area (Å²) in [5.41, 5.74) is 1.11.